The lowest BCUT2D eigenvalue weighted by Gasteiger charge is -2.35. The van der Waals surface area contributed by atoms with Crippen LogP contribution >= 0.6 is 0 Å². The minimum atomic E-state index is -5.21. The lowest BCUT2D eigenvalue weighted by Crippen LogP contribution is -2.69. The van der Waals surface area contributed by atoms with Crippen LogP contribution in [-0.4, -0.2) is 36.9 Å². The second-order valence-corrected chi connectivity index (χ2v) is 6.64. The van der Waals surface area contributed by atoms with Gasteiger partial charge >= 0.3 is 17.8 Å². The molecule has 0 aromatic heterocycles. The zero-order valence-electron chi connectivity index (χ0n) is 17.3. The fraction of sp³-hybridized carbons (Fsp3) is 0.364. The van der Waals surface area contributed by atoms with Crippen LogP contribution in [0.3, 0.4) is 0 Å². The summed E-state index contributed by atoms with van der Waals surface area (Å²) >= 11 is 0. The fourth-order valence-corrected chi connectivity index (χ4v) is 2.65. The van der Waals surface area contributed by atoms with E-state index in [0.717, 1.165) is 12.8 Å². The zero-order chi connectivity index (χ0) is 22.9. The summed E-state index contributed by atoms with van der Waals surface area (Å²) in [5.41, 5.74) is -3.58. The van der Waals surface area contributed by atoms with Crippen molar-refractivity contribution in [3.05, 3.63) is 60.2 Å². The molecule has 0 aliphatic heterocycles. The molecule has 0 aliphatic rings. The molecule has 0 saturated carbocycles. The van der Waals surface area contributed by atoms with Crippen LogP contribution in [0.2, 0.25) is 0 Å². The van der Waals surface area contributed by atoms with E-state index in [1.165, 1.54) is 55.5 Å². The molecule has 2 rings (SSSR count). The van der Waals surface area contributed by atoms with E-state index in [0.29, 0.717) is 12.4 Å². The number of rotatable bonds is 10. The van der Waals surface area contributed by atoms with Crippen molar-refractivity contribution >= 4 is 17.6 Å². The Morgan fingerprint density at radius 1 is 0.968 bits per heavy atom. The number of carbonyl (C=O) groups is 2. The van der Waals surface area contributed by atoms with Gasteiger partial charge in [-0.15, -0.1) is 0 Å². The summed E-state index contributed by atoms with van der Waals surface area (Å²) in [4.78, 5) is 25.0. The standard InChI is InChI=1S/C22H25F3N2O4/c1-3-5-15-31-18-13-11-17(12-14-18)26-21(22(23,24)25,20(29)30-4-2)27-19(28)16-9-7-6-8-10-16/h6-14,26H,3-5,15H2,1-2H3,(H,27,28)/t21-/m1/s1. The maximum atomic E-state index is 14.2. The van der Waals surface area contributed by atoms with E-state index in [9.17, 15) is 22.8 Å². The average molecular weight is 438 g/mol. The Morgan fingerprint density at radius 3 is 2.16 bits per heavy atom. The van der Waals surface area contributed by atoms with Gasteiger partial charge in [-0.3, -0.25) is 4.79 Å². The van der Waals surface area contributed by atoms with E-state index in [1.807, 2.05) is 6.92 Å². The normalized spacial score (nSPS) is 13.1. The van der Waals surface area contributed by atoms with Crippen molar-refractivity contribution in [3.63, 3.8) is 0 Å². The number of benzene rings is 2. The fourth-order valence-electron chi connectivity index (χ4n) is 2.65. The Bertz CT molecular complexity index is 857. The van der Waals surface area contributed by atoms with Gasteiger partial charge in [0.1, 0.15) is 5.75 Å². The molecule has 2 N–H and O–H groups in total. The Morgan fingerprint density at radius 2 is 1.61 bits per heavy atom. The van der Waals surface area contributed by atoms with Crippen molar-refractivity contribution in [1.82, 2.24) is 5.32 Å². The van der Waals surface area contributed by atoms with Crippen LogP contribution in [0, 0.1) is 0 Å². The summed E-state index contributed by atoms with van der Waals surface area (Å²) in [5.74, 6) is -2.28. The van der Waals surface area contributed by atoms with Gasteiger partial charge in [-0.05, 0) is 49.7 Å². The highest BCUT2D eigenvalue weighted by molar-refractivity contribution is 5.99. The first kappa shape index (κ1) is 24.0. The zero-order valence-corrected chi connectivity index (χ0v) is 17.3. The molecule has 0 aliphatic carbocycles. The molecule has 0 radical (unpaired) electrons. The van der Waals surface area contributed by atoms with E-state index >= 15 is 0 Å². The number of halogens is 3. The molecule has 2 aromatic carbocycles. The third-order valence-electron chi connectivity index (χ3n) is 4.30. The van der Waals surface area contributed by atoms with Crippen molar-refractivity contribution in [1.29, 1.82) is 0 Å². The number of amides is 1. The topological polar surface area (TPSA) is 76.7 Å². The van der Waals surface area contributed by atoms with E-state index < -0.39 is 23.7 Å². The molecule has 1 amide bonds. The van der Waals surface area contributed by atoms with Gasteiger partial charge in [0, 0.05) is 11.3 Å². The molecule has 168 valence electrons. The smallest absolute Gasteiger partial charge is 0.441 e. The molecule has 0 spiro atoms. The number of hydrogen-bond donors (Lipinski definition) is 2. The molecular weight excluding hydrogens is 413 g/mol. The molecule has 1 atom stereocenters. The molecular formula is C22H25F3N2O4. The molecule has 2 aromatic rings. The van der Waals surface area contributed by atoms with Crippen LogP contribution in [-0.2, 0) is 9.53 Å². The molecule has 0 unspecified atom stereocenters. The van der Waals surface area contributed by atoms with Gasteiger partial charge < -0.3 is 20.1 Å². The van der Waals surface area contributed by atoms with E-state index in [2.05, 4.69) is 10.1 Å². The van der Waals surface area contributed by atoms with Gasteiger partial charge in [-0.2, -0.15) is 13.2 Å². The Balaban J connectivity index is 2.36. The van der Waals surface area contributed by atoms with Gasteiger partial charge in [0.05, 0.1) is 13.2 Å². The predicted molar refractivity (Wildman–Crippen MR) is 110 cm³/mol. The summed E-state index contributed by atoms with van der Waals surface area (Å²) in [5, 5.41) is 3.92. The van der Waals surface area contributed by atoms with Gasteiger partial charge in [0.2, 0.25) is 0 Å². The second kappa shape index (κ2) is 10.7. The number of alkyl halides is 3. The minimum Gasteiger partial charge on any atom is -0.494 e. The summed E-state index contributed by atoms with van der Waals surface area (Å²) < 4.78 is 52.7. The van der Waals surface area contributed by atoms with Crippen molar-refractivity contribution in [3.8, 4) is 5.75 Å². The largest absolute Gasteiger partial charge is 0.494 e. The highest BCUT2D eigenvalue weighted by Gasteiger charge is 2.63. The molecule has 0 bridgehead atoms. The van der Waals surface area contributed by atoms with E-state index in [4.69, 9.17) is 4.74 Å². The number of ether oxygens (including phenoxy) is 2. The lowest BCUT2D eigenvalue weighted by molar-refractivity contribution is -0.204. The van der Waals surface area contributed by atoms with Crippen molar-refractivity contribution in [2.24, 2.45) is 0 Å². The Hall–Kier alpha value is -3.23. The quantitative estimate of drug-likeness (QED) is 0.324. The molecule has 9 heteroatoms. The first-order valence-corrected chi connectivity index (χ1v) is 9.86. The summed E-state index contributed by atoms with van der Waals surface area (Å²) in [6, 6.07) is 12.9. The van der Waals surface area contributed by atoms with Crippen LogP contribution < -0.4 is 15.4 Å². The van der Waals surface area contributed by atoms with Gasteiger partial charge in [0.15, 0.2) is 0 Å². The number of hydrogen-bond acceptors (Lipinski definition) is 5. The Labute approximate surface area is 178 Å². The van der Waals surface area contributed by atoms with Crippen LogP contribution in [0.5, 0.6) is 5.75 Å². The maximum Gasteiger partial charge on any atom is 0.441 e. The maximum absolute atomic E-state index is 14.2. The number of carbonyl (C=O) groups excluding carboxylic acids is 2. The molecule has 6 nitrogen and oxygen atoms in total. The van der Waals surface area contributed by atoms with E-state index in [-0.39, 0.29) is 17.9 Å². The summed E-state index contributed by atoms with van der Waals surface area (Å²) in [7, 11) is 0. The Kier molecular flexibility index (Phi) is 8.30. The van der Waals surface area contributed by atoms with Crippen molar-refractivity contribution in [2.75, 3.05) is 18.5 Å². The number of esters is 1. The second-order valence-electron chi connectivity index (χ2n) is 6.64. The SMILES string of the molecule is CCCCOc1ccc(N[C@@](NC(=O)c2ccccc2)(C(=O)OCC)C(F)(F)F)cc1. The number of unbranched alkanes of at least 4 members (excludes halogenated alkanes) is 1. The number of nitrogens with one attached hydrogen (secondary N) is 2. The van der Waals surface area contributed by atoms with Gasteiger partial charge in [-0.25, -0.2) is 4.79 Å². The highest BCUT2D eigenvalue weighted by atomic mass is 19.4. The average Bonchev–Trinajstić information content (AvgIpc) is 2.74. The first-order valence-electron chi connectivity index (χ1n) is 9.86. The lowest BCUT2D eigenvalue weighted by atomic mass is 10.1. The molecule has 0 saturated heterocycles. The van der Waals surface area contributed by atoms with Crippen LogP contribution in [0.15, 0.2) is 54.6 Å². The predicted octanol–water partition coefficient (Wildman–Crippen LogP) is 4.53. The minimum absolute atomic E-state index is 0.0399. The summed E-state index contributed by atoms with van der Waals surface area (Å²) in [6.45, 7) is 3.56. The van der Waals surface area contributed by atoms with Crippen molar-refractivity contribution < 1.29 is 32.2 Å². The van der Waals surface area contributed by atoms with Crippen molar-refractivity contribution in [2.45, 2.75) is 38.5 Å². The van der Waals surface area contributed by atoms with E-state index in [1.54, 1.807) is 11.4 Å². The van der Waals surface area contributed by atoms with Crippen LogP contribution in [0.4, 0.5) is 18.9 Å². The molecule has 0 heterocycles. The van der Waals surface area contributed by atoms with Crippen LogP contribution in [0.1, 0.15) is 37.0 Å². The number of anilines is 1. The summed E-state index contributed by atoms with van der Waals surface area (Å²) in [6.07, 6.45) is -3.43. The molecule has 0 fully saturated rings. The third kappa shape index (κ3) is 6.13. The van der Waals surface area contributed by atoms with Crippen LogP contribution in [0.25, 0.3) is 0 Å². The third-order valence-corrected chi connectivity index (χ3v) is 4.30. The van der Waals surface area contributed by atoms with Gasteiger partial charge in [0.25, 0.3) is 5.91 Å². The highest BCUT2D eigenvalue weighted by Crippen LogP contribution is 2.34. The monoisotopic (exact) mass is 438 g/mol. The first-order chi connectivity index (χ1) is 14.7. The van der Waals surface area contributed by atoms with Gasteiger partial charge in [-0.1, -0.05) is 31.5 Å². The molecule has 31 heavy (non-hydrogen) atoms.